The van der Waals surface area contributed by atoms with Crippen molar-refractivity contribution < 1.29 is 44.9 Å². The van der Waals surface area contributed by atoms with E-state index < -0.39 is 45.7 Å². The number of aryl methyl sites for hydroxylation is 2. The molecule has 0 aliphatic carbocycles. The van der Waals surface area contributed by atoms with Gasteiger partial charge in [0.05, 0.1) is 23.0 Å². The number of rotatable bonds is 14. The number of benzene rings is 3. The van der Waals surface area contributed by atoms with Crippen LogP contribution in [0.4, 0.5) is 0 Å². The summed E-state index contributed by atoms with van der Waals surface area (Å²) in [5.74, 6) is 0.761. The topological polar surface area (TPSA) is 146 Å². The predicted octanol–water partition coefficient (Wildman–Crippen LogP) is 2.59. The van der Waals surface area contributed by atoms with E-state index in [-0.39, 0.29) is 23.0 Å². The molecule has 2 N–H and O–H groups in total. The van der Waals surface area contributed by atoms with E-state index in [0.717, 1.165) is 11.1 Å². The summed E-state index contributed by atoms with van der Waals surface area (Å²) in [6.45, 7) is 2.29. The van der Waals surface area contributed by atoms with Crippen molar-refractivity contribution in [1.82, 2.24) is 0 Å². The van der Waals surface area contributed by atoms with E-state index >= 15 is 0 Å². The van der Waals surface area contributed by atoms with Gasteiger partial charge in [-0.2, -0.15) is 16.8 Å². The highest BCUT2D eigenvalue weighted by Crippen LogP contribution is 2.19. The van der Waals surface area contributed by atoms with Crippen molar-refractivity contribution in [2.24, 2.45) is 0 Å². The average Bonchev–Trinajstić information content (AvgIpc) is 2.89. The molecule has 12 heteroatoms. The molecule has 10 nitrogen and oxygen atoms in total. The minimum atomic E-state index is -4.00. The molecular formula is C26H30O10S2. The van der Waals surface area contributed by atoms with Crippen LogP contribution in [-0.2, 0) is 28.6 Å². The summed E-state index contributed by atoms with van der Waals surface area (Å²) in [6, 6.07) is 18.5. The molecule has 0 unspecified atom stereocenters. The van der Waals surface area contributed by atoms with E-state index in [9.17, 15) is 27.0 Å². The maximum absolute atomic E-state index is 12.2. The largest absolute Gasteiger partial charge is 0.491 e. The van der Waals surface area contributed by atoms with Crippen LogP contribution in [0.25, 0.3) is 0 Å². The molecule has 0 bridgehead atoms. The SMILES string of the molecule is Cc1ccc(S(=O)(=O)OC[C@H](O)COc2ccc(OC[C@H](O)COS(=O)(=O)c3ccc(C)cc3)cc2)cc1. The van der Waals surface area contributed by atoms with Gasteiger partial charge in [0.2, 0.25) is 0 Å². The third kappa shape index (κ3) is 9.08. The first-order valence-electron chi connectivity index (χ1n) is 11.6. The van der Waals surface area contributed by atoms with Crippen molar-refractivity contribution in [3.8, 4) is 11.5 Å². The van der Waals surface area contributed by atoms with E-state index in [1.54, 1.807) is 48.5 Å². The molecule has 0 saturated carbocycles. The Morgan fingerprint density at radius 2 is 0.868 bits per heavy atom. The summed E-state index contributed by atoms with van der Waals surface area (Å²) < 4.78 is 69.5. The van der Waals surface area contributed by atoms with Crippen molar-refractivity contribution >= 4 is 20.2 Å². The Hall–Kier alpha value is -3.00. The fourth-order valence-electron chi connectivity index (χ4n) is 3.00. The van der Waals surface area contributed by atoms with Gasteiger partial charge in [0, 0.05) is 0 Å². The first-order chi connectivity index (χ1) is 17.9. The molecule has 0 fully saturated rings. The molecule has 3 aromatic carbocycles. The van der Waals surface area contributed by atoms with Crippen molar-refractivity contribution in [2.75, 3.05) is 26.4 Å². The highest BCUT2D eigenvalue weighted by molar-refractivity contribution is 7.87. The van der Waals surface area contributed by atoms with Gasteiger partial charge in [0.15, 0.2) is 0 Å². The standard InChI is InChI=1S/C26H30O10S2/c1-19-3-11-25(12-4-19)37(29,30)35-17-21(27)15-33-23-7-9-24(10-8-23)34-16-22(28)18-36-38(31,32)26-13-5-20(2)6-14-26/h3-14,21-22,27-28H,15-18H2,1-2H3/t21-,22+. The Morgan fingerprint density at radius 3 is 1.18 bits per heavy atom. The van der Waals surface area contributed by atoms with Crippen molar-refractivity contribution in [1.29, 1.82) is 0 Å². The van der Waals surface area contributed by atoms with E-state index in [0.29, 0.717) is 11.5 Å². The first kappa shape index (κ1) is 29.6. The van der Waals surface area contributed by atoms with E-state index in [1.807, 2.05) is 13.8 Å². The molecule has 38 heavy (non-hydrogen) atoms. The molecule has 0 radical (unpaired) electrons. The van der Waals surface area contributed by atoms with Gasteiger partial charge in [-0.3, -0.25) is 8.37 Å². The van der Waals surface area contributed by atoms with Crippen LogP contribution in [0.5, 0.6) is 11.5 Å². The highest BCUT2D eigenvalue weighted by atomic mass is 32.2. The van der Waals surface area contributed by atoms with E-state index in [1.165, 1.54) is 24.3 Å². The van der Waals surface area contributed by atoms with Gasteiger partial charge >= 0.3 is 0 Å². The Labute approximate surface area is 222 Å². The minimum absolute atomic E-state index is 0.00335. The third-order valence-electron chi connectivity index (χ3n) is 5.16. The van der Waals surface area contributed by atoms with E-state index in [2.05, 4.69) is 0 Å². The van der Waals surface area contributed by atoms with Gasteiger partial charge in [-0.05, 0) is 62.4 Å². The molecule has 0 aliphatic heterocycles. The molecular weight excluding hydrogens is 536 g/mol. The van der Waals surface area contributed by atoms with E-state index in [4.69, 9.17) is 17.8 Å². The van der Waals surface area contributed by atoms with Gasteiger partial charge in [0.25, 0.3) is 20.2 Å². The van der Waals surface area contributed by atoms with Crippen LogP contribution >= 0.6 is 0 Å². The fourth-order valence-corrected chi connectivity index (χ4v) is 4.88. The molecule has 206 valence electrons. The third-order valence-corrected chi connectivity index (χ3v) is 7.75. The second kappa shape index (κ2) is 13.2. The second-order valence-corrected chi connectivity index (χ2v) is 11.7. The molecule has 2 atom stereocenters. The van der Waals surface area contributed by atoms with Crippen LogP contribution in [0.15, 0.2) is 82.6 Å². The minimum Gasteiger partial charge on any atom is -0.491 e. The second-order valence-electron chi connectivity index (χ2n) is 8.50. The average molecular weight is 567 g/mol. The van der Waals surface area contributed by atoms with Gasteiger partial charge < -0.3 is 19.7 Å². The Bertz CT molecular complexity index is 1260. The smallest absolute Gasteiger partial charge is 0.297 e. The maximum Gasteiger partial charge on any atom is 0.297 e. The quantitative estimate of drug-likeness (QED) is 0.279. The van der Waals surface area contributed by atoms with Gasteiger partial charge in [-0.25, -0.2) is 0 Å². The van der Waals surface area contributed by atoms with Gasteiger partial charge in [-0.15, -0.1) is 0 Å². The summed E-state index contributed by atoms with van der Waals surface area (Å²) in [5, 5.41) is 20.1. The van der Waals surface area contributed by atoms with Crippen molar-refractivity contribution in [3.05, 3.63) is 83.9 Å². The highest BCUT2D eigenvalue weighted by Gasteiger charge is 2.19. The molecule has 0 amide bonds. The zero-order valence-electron chi connectivity index (χ0n) is 20.9. The van der Waals surface area contributed by atoms with Crippen LogP contribution in [-0.4, -0.2) is 65.7 Å². The van der Waals surface area contributed by atoms with Crippen LogP contribution in [0.1, 0.15) is 11.1 Å². The first-order valence-corrected chi connectivity index (χ1v) is 14.4. The van der Waals surface area contributed by atoms with Crippen LogP contribution in [0.3, 0.4) is 0 Å². The summed E-state index contributed by atoms with van der Waals surface area (Å²) in [4.78, 5) is -0.00670. The number of hydrogen-bond donors (Lipinski definition) is 2. The Kier molecular flexibility index (Phi) is 10.3. The number of hydrogen-bond acceptors (Lipinski definition) is 10. The lowest BCUT2D eigenvalue weighted by Crippen LogP contribution is -2.25. The molecule has 0 saturated heterocycles. The predicted molar refractivity (Wildman–Crippen MR) is 138 cm³/mol. The molecule has 0 aliphatic rings. The van der Waals surface area contributed by atoms with Crippen LogP contribution < -0.4 is 9.47 Å². The molecule has 3 aromatic rings. The van der Waals surface area contributed by atoms with Gasteiger partial charge in [-0.1, -0.05) is 35.4 Å². The zero-order chi connectivity index (χ0) is 27.8. The molecule has 3 rings (SSSR count). The number of aliphatic hydroxyl groups is 2. The summed E-state index contributed by atoms with van der Waals surface area (Å²) in [5.41, 5.74) is 1.81. The number of ether oxygens (including phenoxy) is 2. The van der Waals surface area contributed by atoms with Crippen LogP contribution in [0, 0.1) is 13.8 Å². The zero-order valence-corrected chi connectivity index (χ0v) is 22.5. The van der Waals surface area contributed by atoms with Crippen molar-refractivity contribution in [3.63, 3.8) is 0 Å². The molecule has 0 aromatic heterocycles. The summed E-state index contributed by atoms with van der Waals surface area (Å²) in [7, 11) is -7.99. The Balaban J connectivity index is 1.38. The van der Waals surface area contributed by atoms with Crippen LogP contribution in [0.2, 0.25) is 0 Å². The van der Waals surface area contributed by atoms with Gasteiger partial charge in [0.1, 0.15) is 36.9 Å². The normalized spacial score (nSPS) is 13.6. The lowest BCUT2D eigenvalue weighted by Gasteiger charge is -2.14. The Morgan fingerprint density at radius 1 is 0.553 bits per heavy atom. The molecule has 0 spiro atoms. The fraction of sp³-hybridized carbons (Fsp3) is 0.308. The monoisotopic (exact) mass is 566 g/mol. The maximum atomic E-state index is 12.2. The number of aliphatic hydroxyl groups excluding tert-OH is 2. The molecule has 0 heterocycles. The summed E-state index contributed by atoms with van der Waals surface area (Å²) >= 11 is 0. The summed E-state index contributed by atoms with van der Waals surface area (Å²) in [6.07, 6.45) is -2.39. The lowest BCUT2D eigenvalue weighted by molar-refractivity contribution is 0.0635. The van der Waals surface area contributed by atoms with Crippen molar-refractivity contribution in [2.45, 2.75) is 35.8 Å². The lowest BCUT2D eigenvalue weighted by atomic mass is 10.2.